The number of hydrogen-bond donors (Lipinski definition) is 2. The van der Waals surface area contributed by atoms with Crippen LogP contribution in [0.5, 0.6) is 0 Å². The lowest BCUT2D eigenvalue weighted by molar-refractivity contribution is 0.145. The zero-order valence-electron chi connectivity index (χ0n) is 11.6. The molecule has 0 spiro atoms. The zero-order valence-corrected chi connectivity index (χ0v) is 11.6. The Morgan fingerprint density at radius 1 is 1.32 bits per heavy atom. The van der Waals surface area contributed by atoms with Gasteiger partial charge in [0.25, 0.3) is 0 Å². The van der Waals surface area contributed by atoms with E-state index < -0.39 is 0 Å². The third kappa shape index (κ3) is 7.26. The fraction of sp³-hybridized carbons (Fsp3) is 0.400. The molecule has 0 fully saturated rings. The first kappa shape index (κ1) is 15.2. The van der Waals surface area contributed by atoms with Gasteiger partial charge in [0, 0.05) is 26.0 Å². The van der Waals surface area contributed by atoms with E-state index in [1.165, 1.54) is 5.56 Å². The molecule has 0 aliphatic carbocycles. The van der Waals surface area contributed by atoms with Gasteiger partial charge in [-0.3, -0.25) is 0 Å². The number of carbonyl (C=O) groups excluding carboxylic acids is 1. The highest BCUT2D eigenvalue weighted by atomic mass is 16.5. The molecule has 1 rings (SSSR count). The highest BCUT2D eigenvalue weighted by molar-refractivity contribution is 5.75. The van der Waals surface area contributed by atoms with Gasteiger partial charge in [0.05, 0.1) is 0 Å². The first-order chi connectivity index (χ1) is 9.22. The van der Waals surface area contributed by atoms with Crippen molar-refractivity contribution in [1.82, 2.24) is 10.6 Å². The Morgan fingerprint density at radius 2 is 2.05 bits per heavy atom. The molecule has 0 saturated carbocycles. The van der Waals surface area contributed by atoms with E-state index >= 15 is 0 Å². The summed E-state index contributed by atoms with van der Waals surface area (Å²) in [6.45, 7) is 6.00. The molecule has 0 heterocycles. The van der Waals surface area contributed by atoms with Gasteiger partial charge < -0.3 is 15.4 Å². The Labute approximate surface area is 114 Å². The quantitative estimate of drug-likeness (QED) is 0.742. The van der Waals surface area contributed by atoms with Crippen LogP contribution in [0.4, 0.5) is 4.79 Å². The van der Waals surface area contributed by atoms with Crippen LogP contribution in [0.25, 0.3) is 6.08 Å². The van der Waals surface area contributed by atoms with Gasteiger partial charge >= 0.3 is 6.03 Å². The maximum absolute atomic E-state index is 11.4. The molecule has 4 heteroatoms. The minimum atomic E-state index is -0.195. The van der Waals surface area contributed by atoms with Crippen LogP contribution >= 0.6 is 0 Å². The molecule has 1 aromatic carbocycles. The summed E-state index contributed by atoms with van der Waals surface area (Å²) in [7, 11) is 0. The van der Waals surface area contributed by atoms with Gasteiger partial charge in [-0.1, -0.05) is 29.8 Å². The fourth-order valence-corrected chi connectivity index (χ4v) is 1.46. The average molecular weight is 262 g/mol. The predicted octanol–water partition coefficient (Wildman–Crippen LogP) is 2.69. The van der Waals surface area contributed by atoms with E-state index in [0.717, 1.165) is 12.0 Å². The molecule has 0 bridgehead atoms. The van der Waals surface area contributed by atoms with Crippen LogP contribution in [0.3, 0.4) is 0 Å². The number of rotatable bonds is 7. The summed E-state index contributed by atoms with van der Waals surface area (Å²) in [6, 6.07) is 7.89. The summed E-state index contributed by atoms with van der Waals surface area (Å²) in [5.41, 5.74) is 2.28. The molecular weight excluding hydrogens is 240 g/mol. The Balaban J connectivity index is 2.17. The van der Waals surface area contributed by atoms with Crippen LogP contribution in [0, 0.1) is 6.92 Å². The number of carbonyl (C=O) groups is 1. The van der Waals surface area contributed by atoms with Crippen LogP contribution in [0.2, 0.25) is 0 Å². The van der Waals surface area contributed by atoms with E-state index in [2.05, 4.69) is 10.6 Å². The molecule has 0 atom stereocenters. The predicted molar refractivity (Wildman–Crippen MR) is 77.9 cm³/mol. The van der Waals surface area contributed by atoms with Gasteiger partial charge in [-0.15, -0.1) is 0 Å². The Kier molecular flexibility index (Phi) is 7.35. The van der Waals surface area contributed by atoms with Crippen LogP contribution in [-0.4, -0.2) is 25.8 Å². The number of hydrogen-bond acceptors (Lipinski definition) is 2. The Hall–Kier alpha value is -1.81. The molecule has 104 valence electrons. The van der Waals surface area contributed by atoms with Gasteiger partial charge in [-0.05, 0) is 31.9 Å². The number of aryl methyl sites for hydroxylation is 1. The zero-order chi connectivity index (χ0) is 13.9. The van der Waals surface area contributed by atoms with Crippen LogP contribution in [0.1, 0.15) is 24.5 Å². The molecule has 0 unspecified atom stereocenters. The van der Waals surface area contributed by atoms with Crippen molar-refractivity contribution in [3.05, 3.63) is 41.6 Å². The van der Waals surface area contributed by atoms with Crippen molar-refractivity contribution in [2.75, 3.05) is 19.8 Å². The van der Waals surface area contributed by atoms with Gasteiger partial charge in [0.1, 0.15) is 0 Å². The molecule has 2 amide bonds. The standard InChI is InChI=1S/C15H22N2O2/c1-3-19-12-4-10-16-15(18)17-11-9-14-7-5-13(2)6-8-14/h5-9,11H,3-4,10,12H2,1-2H3,(H2,16,17,18)/b11-9+. The minimum absolute atomic E-state index is 0.195. The smallest absolute Gasteiger partial charge is 0.318 e. The number of urea groups is 1. The summed E-state index contributed by atoms with van der Waals surface area (Å²) < 4.78 is 5.18. The van der Waals surface area contributed by atoms with Crippen LogP contribution in [-0.2, 0) is 4.74 Å². The summed E-state index contributed by atoms with van der Waals surface area (Å²) >= 11 is 0. The van der Waals surface area contributed by atoms with Crippen LogP contribution in [0.15, 0.2) is 30.5 Å². The van der Waals surface area contributed by atoms with Crippen molar-refractivity contribution in [3.63, 3.8) is 0 Å². The molecule has 4 nitrogen and oxygen atoms in total. The van der Waals surface area contributed by atoms with E-state index in [1.807, 2.05) is 44.2 Å². The van der Waals surface area contributed by atoms with Gasteiger partial charge in [0.2, 0.25) is 0 Å². The molecule has 1 aromatic rings. The number of nitrogens with one attached hydrogen (secondary N) is 2. The molecule has 0 aliphatic heterocycles. The third-order valence-corrected chi connectivity index (χ3v) is 2.52. The molecule has 0 aliphatic rings. The lowest BCUT2D eigenvalue weighted by Crippen LogP contribution is -2.33. The van der Waals surface area contributed by atoms with Crippen molar-refractivity contribution in [1.29, 1.82) is 0 Å². The Morgan fingerprint density at radius 3 is 2.74 bits per heavy atom. The van der Waals surface area contributed by atoms with Crippen molar-refractivity contribution >= 4 is 12.1 Å². The average Bonchev–Trinajstić information content (AvgIpc) is 2.41. The maximum Gasteiger partial charge on any atom is 0.318 e. The third-order valence-electron chi connectivity index (χ3n) is 2.52. The van der Waals surface area contributed by atoms with Gasteiger partial charge in [-0.2, -0.15) is 0 Å². The molecule has 2 N–H and O–H groups in total. The Bertz CT molecular complexity index is 399. The van der Waals surface area contributed by atoms with Gasteiger partial charge in [0.15, 0.2) is 0 Å². The molecule has 0 radical (unpaired) electrons. The van der Waals surface area contributed by atoms with Crippen molar-refractivity contribution in [2.45, 2.75) is 20.3 Å². The second-order valence-corrected chi connectivity index (χ2v) is 4.19. The number of benzene rings is 1. The SMILES string of the molecule is CCOCCCNC(=O)N/C=C/c1ccc(C)cc1. The maximum atomic E-state index is 11.4. The van der Waals surface area contributed by atoms with Gasteiger partial charge in [-0.25, -0.2) is 4.79 Å². The van der Waals surface area contributed by atoms with Crippen LogP contribution < -0.4 is 10.6 Å². The lowest BCUT2D eigenvalue weighted by atomic mass is 10.1. The number of ether oxygens (including phenoxy) is 1. The topological polar surface area (TPSA) is 50.4 Å². The summed E-state index contributed by atoms with van der Waals surface area (Å²) in [5, 5.41) is 5.42. The van der Waals surface area contributed by atoms with E-state index in [0.29, 0.717) is 19.8 Å². The summed E-state index contributed by atoms with van der Waals surface area (Å²) in [5.74, 6) is 0. The van der Waals surface area contributed by atoms with E-state index in [-0.39, 0.29) is 6.03 Å². The normalized spacial score (nSPS) is 10.6. The highest BCUT2D eigenvalue weighted by Crippen LogP contribution is 2.03. The van der Waals surface area contributed by atoms with Crippen molar-refractivity contribution < 1.29 is 9.53 Å². The highest BCUT2D eigenvalue weighted by Gasteiger charge is 1.95. The first-order valence-corrected chi connectivity index (χ1v) is 6.57. The van der Waals surface area contributed by atoms with Crippen molar-refractivity contribution in [2.24, 2.45) is 0 Å². The largest absolute Gasteiger partial charge is 0.382 e. The summed E-state index contributed by atoms with van der Waals surface area (Å²) in [4.78, 5) is 11.4. The molecular formula is C15H22N2O2. The number of amides is 2. The second kappa shape index (κ2) is 9.16. The lowest BCUT2D eigenvalue weighted by Gasteiger charge is -2.04. The molecule has 19 heavy (non-hydrogen) atoms. The van der Waals surface area contributed by atoms with E-state index in [4.69, 9.17) is 4.74 Å². The minimum Gasteiger partial charge on any atom is -0.382 e. The monoisotopic (exact) mass is 262 g/mol. The molecule has 0 aromatic heterocycles. The first-order valence-electron chi connectivity index (χ1n) is 6.57. The fourth-order valence-electron chi connectivity index (χ4n) is 1.46. The summed E-state index contributed by atoms with van der Waals surface area (Å²) in [6.07, 6.45) is 4.32. The second-order valence-electron chi connectivity index (χ2n) is 4.19. The van der Waals surface area contributed by atoms with E-state index in [1.54, 1.807) is 6.20 Å². The molecule has 0 saturated heterocycles. The van der Waals surface area contributed by atoms with Crippen molar-refractivity contribution in [3.8, 4) is 0 Å². The van der Waals surface area contributed by atoms with E-state index in [9.17, 15) is 4.79 Å².